The van der Waals surface area contributed by atoms with E-state index in [-0.39, 0.29) is 16.3 Å². The fraction of sp³-hybridized carbons (Fsp3) is 0.0526. The van der Waals surface area contributed by atoms with Crippen LogP contribution in [0, 0.1) is 6.92 Å². The maximum Gasteiger partial charge on any atom is 0.204 e. The van der Waals surface area contributed by atoms with Crippen molar-refractivity contribution in [3.63, 3.8) is 0 Å². The number of hydrogen-bond donors (Lipinski definition) is 10. The minimum absolute atomic E-state index is 0.105. The molecular formula is C19H14O10. The number of aromatic hydroxyl groups is 10. The summed E-state index contributed by atoms with van der Waals surface area (Å²) in [5.41, 5.74) is 0.105. The fourth-order valence-corrected chi connectivity index (χ4v) is 3.66. The number of phenolic OH excluding ortho intramolecular Hbond substituents is 10. The van der Waals surface area contributed by atoms with Crippen LogP contribution in [0.4, 0.5) is 0 Å². The van der Waals surface area contributed by atoms with Gasteiger partial charge in [-0.2, -0.15) is 0 Å². The molecule has 10 nitrogen and oxygen atoms in total. The van der Waals surface area contributed by atoms with Crippen molar-refractivity contribution in [3.05, 3.63) is 11.6 Å². The molecule has 0 saturated heterocycles. The third-order valence-electron chi connectivity index (χ3n) is 5.01. The summed E-state index contributed by atoms with van der Waals surface area (Å²) < 4.78 is 0. The topological polar surface area (TPSA) is 202 Å². The van der Waals surface area contributed by atoms with Gasteiger partial charge in [-0.15, -0.1) is 0 Å². The molecule has 0 saturated carbocycles. The molecule has 0 aromatic heterocycles. The number of benzene rings is 4. The molecule has 4 aromatic carbocycles. The lowest BCUT2D eigenvalue weighted by Crippen LogP contribution is -1.91. The van der Waals surface area contributed by atoms with Gasteiger partial charge in [0.1, 0.15) is 11.5 Å². The Bertz CT molecular complexity index is 1360. The third-order valence-corrected chi connectivity index (χ3v) is 5.01. The standard InChI is InChI=1S/C19H14O10/c1-3-2-4(20)5-6(11(3)21)8-10(15(25)19(29)17(27)13(8)23)9-7(5)12(22)16(26)18(28)14(9)24/h2,20-29H,1H3. The van der Waals surface area contributed by atoms with Crippen molar-refractivity contribution in [2.24, 2.45) is 0 Å². The van der Waals surface area contributed by atoms with Crippen LogP contribution in [-0.2, 0) is 0 Å². The Labute approximate surface area is 160 Å². The molecule has 10 heteroatoms. The zero-order valence-electron chi connectivity index (χ0n) is 14.5. The summed E-state index contributed by atoms with van der Waals surface area (Å²) in [6.07, 6.45) is 0. The highest BCUT2D eigenvalue weighted by molar-refractivity contribution is 6.34. The van der Waals surface area contributed by atoms with Crippen LogP contribution >= 0.6 is 0 Å². The van der Waals surface area contributed by atoms with Gasteiger partial charge in [0.15, 0.2) is 23.0 Å². The number of fused-ring (bicyclic) bond motifs is 6. The van der Waals surface area contributed by atoms with Crippen LogP contribution in [0.1, 0.15) is 5.56 Å². The molecule has 4 aromatic rings. The first kappa shape index (κ1) is 18.0. The van der Waals surface area contributed by atoms with Gasteiger partial charge in [0.25, 0.3) is 0 Å². The molecule has 0 amide bonds. The molecule has 0 radical (unpaired) electrons. The molecule has 0 aliphatic heterocycles. The second kappa shape index (κ2) is 5.35. The lowest BCUT2D eigenvalue weighted by Gasteiger charge is -2.19. The molecule has 0 aliphatic rings. The van der Waals surface area contributed by atoms with Crippen LogP contribution < -0.4 is 0 Å². The van der Waals surface area contributed by atoms with E-state index in [4.69, 9.17) is 0 Å². The van der Waals surface area contributed by atoms with Gasteiger partial charge in [-0.3, -0.25) is 0 Å². The summed E-state index contributed by atoms with van der Waals surface area (Å²) in [6, 6.07) is 1.10. The summed E-state index contributed by atoms with van der Waals surface area (Å²) in [6.45, 7) is 1.40. The van der Waals surface area contributed by atoms with Gasteiger partial charge in [0.2, 0.25) is 23.0 Å². The molecular weight excluding hydrogens is 388 g/mol. The van der Waals surface area contributed by atoms with Crippen molar-refractivity contribution in [3.8, 4) is 57.5 Å². The van der Waals surface area contributed by atoms with Crippen molar-refractivity contribution in [1.82, 2.24) is 0 Å². The second-order valence-corrected chi connectivity index (χ2v) is 6.60. The molecule has 29 heavy (non-hydrogen) atoms. The van der Waals surface area contributed by atoms with Crippen molar-refractivity contribution in [1.29, 1.82) is 0 Å². The van der Waals surface area contributed by atoms with E-state index in [0.717, 1.165) is 6.07 Å². The highest BCUT2D eigenvalue weighted by Crippen LogP contribution is 2.61. The molecule has 0 heterocycles. The maximum atomic E-state index is 10.6. The van der Waals surface area contributed by atoms with E-state index < -0.39 is 79.0 Å². The molecule has 0 aliphatic carbocycles. The Balaban J connectivity index is 2.65. The normalized spacial score (nSPS) is 11.6. The van der Waals surface area contributed by atoms with Crippen LogP contribution in [0.25, 0.3) is 32.3 Å². The Morgan fingerprint density at radius 3 is 1.00 bits per heavy atom. The summed E-state index contributed by atoms with van der Waals surface area (Å²) in [4.78, 5) is 0. The predicted octanol–water partition coefficient (Wildman–Crippen LogP) is 2.51. The van der Waals surface area contributed by atoms with E-state index in [9.17, 15) is 51.1 Å². The summed E-state index contributed by atoms with van der Waals surface area (Å²) in [7, 11) is 0. The van der Waals surface area contributed by atoms with Gasteiger partial charge < -0.3 is 51.1 Å². The highest BCUT2D eigenvalue weighted by atomic mass is 16.4. The van der Waals surface area contributed by atoms with Gasteiger partial charge in [-0.1, -0.05) is 0 Å². The Morgan fingerprint density at radius 2 is 0.655 bits per heavy atom. The Kier molecular flexibility index (Phi) is 3.33. The van der Waals surface area contributed by atoms with Gasteiger partial charge in [-0.05, 0) is 18.6 Å². The zero-order chi connectivity index (χ0) is 21.5. The number of aryl methyl sites for hydroxylation is 1. The SMILES string of the molecule is Cc1cc(O)c2c(c1O)c1c(O)c(O)c(O)c(O)c1c1c(O)c(O)c(O)c(O)c21. The van der Waals surface area contributed by atoms with Crippen molar-refractivity contribution < 1.29 is 51.1 Å². The van der Waals surface area contributed by atoms with Gasteiger partial charge in [0.05, 0.1) is 0 Å². The molecule has 0 unspecified atom stereocenters. The third kappa shape index (κ3) is 1.94. The van der Waals surface area contributed by atoms with Crippen molar-refractivity contribution in [2.75, 3.05) is 0 Å². The molecule has 10 N–H and O–H groups in total. The van der Waals surface area contributed by atoms with E-state index in [1.807, 2.05) is 0 Å². The lowest BCUT2D eigenvalue weighted by molar-refractivity contribution is 0.349. The van der Waals surface area contributed by atoms with Crippen LogP contribution in [0.2, 0.25) is 0 Å². The molecule has 0 bridgehead atoms. The molecule has 150 valence electrons. The predicted molar refractivity (Wildman–Crippen MR) is 100 cm³/mol. The fourth-order valence-electron chi connectivity index (χ4n) is 3.66. The van der Waals surface area contributed by atoms with E-state index in [1.165, 1.54) is 6.92 Å². The van der Waals surface area contributed by atoms with E-state index >= 15 is 0 Å². The van der Waals surface area contributed by atoms with Crippen LogP contribution in [-0.4, -0.2) is 51.1 Å². The lowest BCUT2D eigenvalue weighted by atomic mass is 9.89. The maximum absolute atomic E-state index is 10.6. The van der Waals surface area contributed by atoms with Crippen molar-refractivity contribution >= 4 is 32.3 Å². The van der Waals surface area contributed by atoms with Gasteiger partial charge in [-0.25, -0.2) is 0 Å². The zero-order valence-corrected chi connectivity index (χ0v) is 14.5. The van der Waals surface area contributed by atoms with Crippen LogP contribution in [0.15, 0.2) is 6.07 Å². The Hall–Kier alpha value is -4.34. The molecule has 0 spiro atoms. The van der Waals surface area contributed by atoms with Gasteiger partial charge >= 0.3 is 0 Å². The highest BCUT2D eigenvalue weighted by Gasteiger charge is 2.31. The van der Waals surface area contributed by atoms with E-state index in [0.29, 0.717) is 0 Å². The average Bonchev–Trinajstić information content (AvgIpc) is 2.69. The van der Waals surface area contributed by atoms with E-state index in [1.54, 1.807) is 0 Å². The summed E-state index contributed by atoms with van der Waals surface area (Å²) in [5.74, 6) is -9.93. The van der Waals surface area contributed by atoms with Crippen LogP contribution in [0.3, 0.4) is 0 Å². The number of phenols is 10. The number of rotatable bonds is 0. The molecule has 4 rings (SSSR count). The second-order valence-electron chi connectivity index (χ2n) is 6.60. The summed E-state index contributed by atoms with van der Waals surface area (Å²) in [5, 5.41) is 99.7. The first-order chi connectivity index (χ1) is 13.5. The molecule has 0 atom stereocenters. The first-order valence-corrected chi connectivity index (χ1v) is 8.06. The number of hydrogen-bond acceptors (Lipinski definition) is 10. The first-order valence-electron chi connectivity index (χ1n) is 8.06. The van der Waals surface area contributed by atoms with Gasteiger partial charge in [0, 0.05) is 32.3 Å². The summed E-state index contributed by atoms with van der Waals surface area (Å²) >= 11 is 0. The molecule has 0 fully saturated rings. The van der Waals surface area contributed by atoms with Crippen molar-refractivity contribution in [2.45, 2.75) is 6.92 Å². The minimum Gasteiger partial charge on any atom is -0.507 e. The van der Waals surface area contributed by atoms with E-state index in [2.05, 4.69) is 0 Å². The smallest absolute Gasteiger partial charge is 0.204 e. The minimum atomic E-state index is -1.18. The Morgan fingerprint density at radius 1 is 0.379 bits per heavy atom. The largest absolute Gasteiger partial charge is 0.507 e. The quantitative estimate of drug-likeness (QED) is 0.118. The van der Waals surface area contributed by atoms with Crippen LogP contribution in [0.5, 0.6) is 57.5 Å². The monoisotopic (exact) mass is 402 g/mol. The average molecular weight is 402 g/mol.